The summed E-state index contributed by atoms with van der Waals surface area (Å²) in [7, 11) is 1.58. The number of esters is 1. The van der Waals surface area contributed by atoms with Gasteiger partial charge in [0.1, 0.15) is 11.5 Å². The normalized spacial score (nSPS) is 11.0. The summed E-state index contributed by atoms with van der Waals surface area (Å²) in [6.07, 6.45) is 2.76. The quantitative estimate of drug-likeness (QED) is 0.455. The van der Waals surface area contributed by atoms with Gasteiger partial charge in [0.05, 0.1) is 7.11 Å². The summed E-state index contributed by atoms with van der Waals surface area (Å²) in [6.45, 7) is -0.123. The van der Waals surface area contributed by atoms with Gasteiger partial charge < -0.3 is 18.4 Å². The Morgan fingerprint density at radius 3 is 2.96 bits per heavy atom. The van der Waals surface area contributed by atoms with Gasteiger partial charge in [-0.1, -0.05) is 17.3 Å². The molecular formula is C17H13BrN2O5. The maximum Gasteiger partial charge on any atom is 0.331 e. The SMILES string of the molecule is COc1cccc(-c2noc(COC(=O)/C=C/c3ccc(Br)o3)n2)c1. The first-order valence-electron chi connectivity index (χ1n) is 7.21. The minimum atomic E-state index is -0.548. The molecular weight excluding hydrogens is 392 g/mol. The van der Waals surface area contributed by atoms with Gasteiger partial charge in [-0.25, -0.2) is 4.79 Å². The summed E-state index contributed by atoms with van der Waals surface area (Å²) < 4.78 is 21.1. The van der Waals surface area contributed by atoms with E-state index < -0.39 is 5.97 Å². The van der Waals surface area contributed by atoms with Crippen molar-refractivity contribution in [2.75, 3.05) is 7.11 Å². The zero-order valence-corrected chi connectivity index (χ0v) is 14.7. The number of methoxy groups -OCH3 is 1. The van der Waals surface area contributed by atoms with E-state index in [1.165, 1.54) is 12.2 Å². The highest BCUT2D eigenvalue weighted by molar-refractivity contribution is 9.10. The van der Waals surface area contributed by atoms with Crippen LogP contribution >= 0.6 is 15.9 Å². The minimum Gasteiger partial charge on any atom is -0.497 e. The third kappa shape index (κ3) is 4.57. The van der Waals surface area contributed by atoms with Crippen LogP contribution in [0.15, 0.2) is 56.1 Å². The van der Waals surface area contributed by atoms with Gasteiger partial charge in [0.2, 0.25) is 5.82 Å². The molecule has 25 heavy (non-hydrogen) atoms. The van der Waals surface area contributed by atoms with Gasteiger partial charge in [0.15, 0.2) is 11.3 Å². The van der Waals surface area contributed by atoms with Gasteiger partial charge in [-0.05, 0) is 46.3 Å². The Labute approximate surface area is 151 Å². The van der Waals surface area contributed by atoms with Crippen molar-refractivity contribution in [2.24, 2.45) is 0 Å². The lowest BCUT2D eigenvalue weighted by Crippen LogP contribution is -2.00. The van der Waals surface area contributed by atoms with Crippen molar-refractivity contribution in [3.8, 4) is 17.1 Å². The molecule has 1 aromatic carbocycles. The first-order valence-corrected chi connectivity index (χ1v) is 8.00. The Morgan fingerprint density at radius 1 is 1.32 bits per heavy atom. The zero-order valence-electron chi connectivity index (χ0n) is 13.1. The van der Waals surface area contributed by atoms with Crippen molar-refractivity contribution in [2.45, 2.75) is 6.61 Å². The molecule has 0 fully saturated rings. The number of hydrogen-bond donors (Lipinski definition) is 0. The molecule has 0 saturated heterocycles. The van der Waals surface area contributed by atoms with E-state index in [1.807, 2.05) is 18.2 Å². The van der Waals surface area contributed by atoms with Crippen molar-refractivity contribution in [3.63, 3.8) is 0 Å². The van der Waals surface area contributed by atoms with Gasteiger partial charge in [0.25, 0.3) is 5.89 Å². The molecule has 0 bridgehead atoms. The maximum atomic E-state index is 11.7. The predicted molar refractivity (Wildman–Crippen MR) is 91.5 cm³/mol. The summed E-state index contributed by atoms with van der Waals surface area (Å²) in [4.78, 5) is 15.9. The van der Waals surface area contributed by atoms with E-state index in [9.17, 15) is 4.79 Å². The molecule has 0 spiro atoms. The van der Waals surface area contributed by atoms with Crippen molar-refractivity contribution >= 4 is 28.0 Å². The monoisotopic (exact) mass is 404 g/mol. The second kappa shape index (κ2) is 7.80. The Hall–Kier alpha value is -2.87. The highest BCUT2D eigenvalue weighted by Crippen LogP contribution is 2.21. The van der Waals surface area contributed by atoms with Crippen LogP contribution in [-0.2, 0) is 16.1 Å². The van der Waals surface area contributed by atoms with Crippen molar-refractivity contribution in [3.05, 3.63) is 58.8 Å². The second-order valence-electron chi connectivity index (χ2n) is 4.83. The molecule has 2 aromatic heterocycles. The van der Waals surface area contributed by atoms with E-state index in [0.717, 1.165) is 5.56 Å². The smallest absolute Gasteiger partial charge is 0.331 e. The standard InChI is InChI=1S/C17H13BrN2O5/c1-22-13-4-2-3-11(9-13)17-19-15(25-20-17)10-23-16(21)8-6-12-5-7-14(18)24-12/h2-9H,10H2,1H3/b8-6+. The van der Waals surface area contributed by atoms with Crippen LogP contribution in [-0.4, -0.2) is 23.2 Å². The lowest BCUT2D eigenvalue weighted by atomic mass is 10.2. The third-order valence-electron chi connectivity index (χ3n) is 3.11. The van der Waals surface area contributed by atoms with Crippen LogP contribution in [0, 0.1) is 0 Å². The van der Waals surface area contributed by atoms with Gasteiger partial charge >= 0.3 is 5.97 Å². The minimum absolute atomic E-state index is 0.123. The maximum absolute atomic E-state index is 11.7. The number of halogens is 1. The largest absolute Gasteiger partial charge is 0.497 e. The summed E-state index contributed by atoms with van der Waals surface area (Å²) in [6, 6.07) is 10.7. The number of carbonyl (C=O) groups is 1. The fourth-order valence-corrected chi connectivity index (χ4v) is 2.26. The first-order chi connectivity index (χ1) is 12.1. The molecule has 0 aliphatic heterocycles. The summed E-state index contributed by atoms with van der Waals surface area (Å²) in [5, 5.41) is 3.86. The molecule has 2 heterocycles. The Morgan fingerprint density at radius 2 is 2.20 bits per heavy atom. The highest BCUT2D eigenvalue weighted by atomic mass is 79.9. The number of benzene rings is 1. The molecule has 7 nitrogen and oxygen atoms in total. The number of hydrogen-bond acceptors (Lipinski definition) is 7. The second-order valence-corrected chi connectivity index (χ2v) is 5.61. The molecule has 0 saturated carbocycles. The number of rotatable bonds is 6. The molecule has 3 aromatic rings. The number of nitrogens with zero attached hydrogens (tertiary/aromatic N) is 2. The number of furan rings is 1. The van der Waals surface area contributed by atoms with Crippen LogP contribution in [0.3, 0.4) is 0 Å². The predicted octanol–water partition coefficient (Wildman–Crippen LogP) is 3.86. The fraction of sp³-hybridized carbons (Fsp3) is 0.118. The van der Waals surface area contributed by atoms with Crippen LogP contribution in [0.4, 0.5) is 0 Å². The lowest BCUT2D eigenvalue weighted by Gasteiger charge is -1.99. The fourth-order valence-electron chi connectivity index (χ4n) is 1.94. The lowest BCUT2D eigenvalue weighted by molar-refractivity contribution is -0.139. The number of carbonyl (C=O) groups excluding carboxylic acids is 1. The summed E-state index contributed by atoms with van der Waals surface area (Å²) >= 11 is 3.18. The average Bonchev–Trinajstić information content (AvgIpc) is 3.27. The van der Waals surface area contributed by atoms with E-state index in [4.69, 9.17) is 18.4 Å². The van der Waals surface area contributed by atoms with Crippen LogP contribution in [0.2, 0.25) is 0 Å². The molecule has 0 aliphatic rings. The van der Waals surface area contributed by atoms with Gasteiger partial charge in [0, 0.05) is 11.6 Å². The van der Waals surface area contributed by atoms with E-state index in [0.29, 0.717) is 22.0 Å². The van der Waals surface area contributed by atoms with E-state index in [-0.39, 0.29) is 12.5 Å². The van der Waals surface area contributed by atoms with Gasteiger partial charge in [-0.3, -0.25) is 0 Å². The van der Waals surface area contributed by atoms with Crippen LogP contribution in [0.25, 0.3) is 17.5 Å². The number of aromatic nitrogens is 2. The zero-order chi connectivity index (χ0) is 17.6. The molecule has 0 unspecified atom stereocenters. The third-order valence-corrected chi connectivity index (χ3v) is 3.54. The molecule has 8 heteroatoms. The van der Waals surface area contributed by atoms with E-state index >= 15 is 0 Å². The molecule has 0 atom stereocenters. The van der Waals surface area contributed by atoms with Gasteiger partial charge in [-0.15, -0.1) is 0 Å². The average molecular weight is 405 g/mol. The van der Waals surface area contributed by atoms with Crippen LogP contribution in [0.5, 0.6) is 5.75 Å². The van der Waals surface area contributed by atoms with Crippen molar-refractivity contribution in [1.29, 1.82) is 0 Å². The highest BCUT2D eigenvalue weighted by Gasteiger charge is 2.11. The molecule has 0 N–H and O–H groups in total. The number of ether oxygens (including phenoxy) is 2. The Balaban J connectivity index is 1.58. The van der Waals surface area contributed by atoms with Crippen molar-refractivity contribution < 1.29 is 23.2 Å². The molecule has 128 valence electrons. The first kappa shape index (κ1) is 17.0. The van der Waals surface area contributed by atoms with Gasteiger partial charge in [-0.2, -0.15) is 4.98 Å². The molecule has 3 rings (SSSR count). The Kier molecular flexibility index (Phi) is 5.30. The van der Waals surface area contributed by atoms with E-state index in [2.05, 4.69) is 26.1 Å². The van der Waals surface area contributed by atoms with E-state index in [1.54, 1.807) is 25.3 Å². The topological polar surface area (TPSA) is 87.6 Å². The van der Waals surface area contributed by atoms with Crippen molar-refractivity contribution in [1.82, 2.24) is 10.1 Å². The molecule has 0 aliphatic carbocycles. The Bertz CT molecular complexity index is 900. The molecule has 0 amide bonds. The molecule has 0 radical (unpaired) electrons. The summed E-state index contributed by atoms with van der Waals surface area (Å²) in [5.41, 5.74) is 0.740. The summed E-state index contributed by atoms with van der Waals surface area (Å²) in [5.74, 6) is 1.25. The van der Waals surface area contributed by atoms with Crippen LogP contribution < -0.4 is 4.74 Å². The van der Waals surface area contributed by atoms with Crippen LogP contribution in [0.1, 0.15) is 11.7 Å².